The minimum atomic E-state index is -0.255. The van der Waals surface area contributed by atoms with Crippen molar-refractivity contribution in [3.63, 3.8) is 0 Å². The van der Waals surface area contributed by atoms with E-state index in [2.05, 4.69) is 15.5 Å². The minimum absolute atomic E-state index is 0.00197. The maximum absolute atomic E-state index is 13.3. The number of benzene rings is 1. The molecule has 7 heteroatoms. The van der Waals surface area contributed by atoms with Crippen LogP contribution >= 0.6 is 0 Å². The first-order valence-corrected chi connectivity index (χ1v) is 9.89. The van der Waals surface area contributed by atoms with E-state index < -0.39 is 0 Å². The van der Waals surface area contributed by atoms with Crippen molar-refractivity contribution in [2.24, 2.45) is 5.92 Å². The van der Waals surface area contributed by atoms with Gasteiger partial charge in [-0.3, -0.25) is 4.90 Å². The molecule has 2 amide bonds. The van der Waals surface area contributed by atoms with Gasteiger partial charge in [-0.25, -0.2) is 9.18 Å². The van der Waals surface area contributed by atoms with Crippen molar-refractivity contribution in [1.29, 1.82) is 0 Å². The fourth-order valence-corrected chi connectivity index (χ4v) is 3.19. The van der Waals surface area contributed by atoms with Gasteiger partial charge in [-0.15, -0.1) is 0 Å². The van der Waals surface area contributed by atoms with Gasteiger partial charge in [-0.05, 0) is 42.9 Å². The van der Waals surface area contributed by atoms with Crippen LogP contribution in [0, 0.1) is 11.7 Å². The van der Waals surface area contributed by atoms with Gasteiger partial charge >= 0.3 is 6.03 Å². The number of carbonyl (C=O) groups excluding carboxylic acids is 1. The monoisotopic (exact) mass is 379 g/mol. The average molecular weight is 379 g/mol. The Morgan fingerprint density at radius 2 is 1.96 bits per heavy atom. The van der Waals surface area contributed by atoms with Crippen LogP contribution in [0.1, 0.15) is 30.9 Å². The van der Waals surface area contributed by atoms with Gasteiger partial charge in [0, 0.05) is 39.4 Å². The molecule has 1 unspecified atom stereocenters. The number of amides is 2. The zero-order chi connectivity index (χ0) is 18.9. The Balaban J connectivity index is 1.40. The number of nitrogens with one attached hydrogen (secondary N) is 2. The first-order chi connectivity index (χ1) is 13.2. The Hall–Kier alpha value is -1.70. The van der Waals surface area contributed by atoms with Crippen LogP contribution in [0.5, 0.6) is 0 Å². The van der Waals surface area contributed by atoms with Gasteiger partial charge in [-0.2, -0.15) is 0 Å². The number of rotatable bonds is 10. The van der Waals surface area contributed by atoms with E-state index in [1.54, 1.807) is 12.1 Å². The van der Waals surface area contributed by atoms with Crippen molar-refractivity contribution in [3.05, 3.63) is 35.6 Å². The highest BCUT2D eigenvalue weighted by Crippen LogP contribution is 2.28. The van der Waals surface area contributed by atoms with E-state index in [9.17, 15) is 9.18 Å². The summed E-state index contributed by atoms with van der Waals surface area (Å²) in [6.45, 7) is 5.53. The molecule has 1 atom stereocenters. The molecule has 0 spiro atoms. The zero-order valence-corrected chi connectivity index (χ0v) is 15.8. The average Bonchev–Trinajstić information content (AvgIpc) is 3.51. The van der Waals surface area contributed by atoms with Crippen molar-refractivity contribution < 1.29 is 18.7 Å². The molecule has 2 N–H and O–H groups in total. The van der Waals surface area contributed by atoms with Gasteiger partial charge in [0.05, 0.1) is 19.3 Å². The SMILES string of the molecule is O=C(NCCCOCC1CC1)NCC(c1ccc(F)cc1)N1CCOCC1. The summed E-state index contributed by atoms with van der Waals surface area (Å²) in [6, 6.07) is 6.31. The summed E-state index contributed by atoms with van der Waals surface area (Å²) in [5, 5.41) is 5.82. The fraction of sp³-hybridized carbons (Fsp3) is 0.650. The van der Waals surface area contributed by atoms with Gasteiger partial charge in [0.2, 0.25) is 0 Å². The number of ether oxygens (including phenoxy) is 2. The molecule has 2 aliphatic rings. The normalized spacial score (nSPS) is 18.9. The van der Waals surface area contributed by atoms with Crippen LogP contribution in [-0.4, -0.2) is 63.5 Å². The van der Waals surface area contributed by atoms with Crippen molar-refractivity contribution >= 4 is 6.03 Å². The molecular weight excluding hydrogens is 349 g/mol. The molecular formula is C20H30FN3O3. The van der Waals surface area contributed by atoms with Crippen LogP contribution < -0.4 is 10.6 Å². The molecule has 0 bridgehead atoms. The van der Waals surface area contributed by atoms with Crippen LogP contribution in [0.25, 0.3) is 0 Å². The number of urea groups is 1. The predicted molar refractivity (Wildman–Crippen MR) is 101 cm³/mol. The molecule has 6 nitrogen and oxygen atoms in total. The minimum Gasteiger partial charge on any atom is -0.381 e. The Morgan fingerprint density at radius 1 is 1.22 bits per heavy atom. The lowest BCUT2D eigenvalue weighted by Crippen LogP contribution is -2.46. The van der Waals surface area contributed by atoms with Crippen molar-refractivity contribution in [2.45, 2.75) is 25.3 Å². The summed E-state index contributed by atoms with van der Waals surface area (Å²) < 4.78 is 24.2. The predicted octanol–water partition coefficient (Wildman–Crippen LogP) is 2.31. The molecule has 1 saturated carbocycles. The lowest BCUT2D eigenvalue weighted by atomic mass is 10.0. The van der Waals surface area contributed by atoms with E-state index >= 15 is 0 Å². The second kappa shape index (κ2) is 10.6. The van der Waals surface area contributed by atoms with Crippen molar-refractivity contribution in [1.82, 2.24) is 15.5 Å². The molecule has 1 aliphatic heterocycles. The molecule has 0 radical (unpaired) electrons. The number of hydrogen-bond acceptors (Lipinski definition) is 4. The molecule has 1 aromatic rings. The summed E-state index contributed by atoms with van der Waals surface area (Å²) in [7, 11) is 0. The fourth-order valence-electron chi connectivity index (χ4n) is 3.19. The number of halogens is 1. The quantitative estimate of drug-likeness (QED) is 0.613. The Morgan fingerprint density at radius 3 is 2.67 bits per heavy atom. The largest absolute Gasteiger partial charge is 0.381 e. The van der Waals surface area contributed by atoms with E-state index in [1.165, 1.54) is 25.0 Å². The summed E-state index contributed by atoms with van der Waals surface area (Å²) in [5.74, 6) is 0.513. The van der Waals surface area contributed by atoms with E-state index in [0.29, 0.717) is 32.9 Å². The molecule has 3 rings (SSSR count). The van der Waals surface area contributed by atoms with Crippen LogP contribution in [0.2, 0.25) is 0 Å². The van der Waals surface area contributed by atoms with E-state index in [4.69, 9.17) is 9.47 Å². The number of morpholine rings is 1. The maximum Gasteiger partial charge on any atom is 0.314 e. The van der Waals surface area contributed by atoms with Crippen LogP contribution in [0.3, 0.4) is 0 Å². The summed E-state index contributed by atoms with van der Waals surface area (Å²) >= 11 is 0. The highest BCUT2D eigenvalue weighted by atomic mass is 19.1. The first-order valence-electron chi connectivity index (χ1n) is 9.89. The number of carbonyl (C=O) groups is 1. The molecule has 1 saturated heterocycles. The second-order valence-corrected chi connectivity index (χ2v) is 7.22. The van der Waals surface area contributed by atoms with Gasteiger partial charge in [0.15, 0.2) is 0 Å². The Kier molecular flexibility index (Phi) is 7.86. The van der Waals surface area contributed by atoms with Crippen molar-refractivity contribution in [3.8, 4) is 0 Å². The lowest BCUT2D eigenvalue weighted by Gasteiger charge is -2.35. The molecule has 27 heavy (non-hydrogen) atoms. The Bertz CT molecular complexity index is 574. The first kappa shape index (κ1) is 20.0. The maximum atomic E-state index is 13.3. The van der Waals surface area contributed by atoms with Gasteiger partial charge in [-0.1, -0.05) is 12.1 Å². The standard InChI is InChI=1S/C20H30FN3O3/c21-18-6-4-17(5-7-18)19(24-9-12-26-13-10-24)14-23-20(25)22-8-1-11-27-15-16-2-3-16/h4-7,16,19H,1-3,8-15H2,(H2,22,23,25). The third-order valence-electron chi connectivity index (χ3n) is 5.00. The summed E-state index contributed by atoms with van der Waals surface area (Å²) in [6.07, 6.45) is 3.39. The van der Waals surface area contributed by atoms with Crippen LogP contribution in [-0.2, 0) is 9.47 Å². The molecule has 0 aromatic heterocycles. The highest BCUT2D eigenvalue weighted by molar-refractivity contribution is 5.73. The molecule has 150 valence electrons. The van der Waals surface area contributed by atoms with E-state index in [0.717, 1.165) is 37.6 Å². The van der Waals surface area contributed by atoms with Crippen LogP contribution in [0.4, 0.5) is 9.18 Å². The third-order valence-corrected chi connectivity index (χ3v) is 5.00. The molecule has 1 aromatic carbocycles. The van der Waals surface area contributed by atoms with E-state index in [1.807, 2.05) is 0 Å². The van der Waals surface area contributed by atoms with E-state index in [-0.39, 0.29) is 17.9 Å². The van der Waals surface area contributed by atoms with Gasteiger partial charge in [0.25, 0.3) is 0 Å². The van der Waals surface area contributed by atoms with Crippen LogP contribution in [0.15, 0.2) is 24.3 Å². The zero-order valence-electron chi connectivity index (χ0n) is 15.8. The molecule has 2 fully saturated rings. The summed E-state index contributed by atoms with van der Waals surface area (Å²) in [5.41, 5.74) is 0.993. The van der Waals surface area contributed by atoms with Gasteiger partial charge < -0.3 is 20.1 Å². The molecule has 1 aliphatic carbocycles. The highest BCUT2D eigenvalue weighted by Gasteiger charge is 2.23. The smallest absolute Gasteiger partial charge is 0.314 e. The summed E-state index contributed by atoms with van der Waals surface area (Å²) in [4.78, 5) is 14.4. The van der Waals surface area contributed by atoms with Crippen molar-refractivity contribution in [2.75, 3.05) is 52.6 Å². The number of hydrogen-bond donors (Lipinski definition) is 2. The molecule has 1 heterocycles. The lowest BCUT2D eigenvalue weighted by molar-refractivity contribution is 0.0167. The topological polar surface area (TPSA) is 62.8 Å². The Labute approximate surface area is 160 Å². The van der Waals surface area contributed by atoms with Gasteiger partial charge in [0.1, 0.15) is 5.82 Å². The number of nitrogens with zero attached hydrogens (tertiary/aromatic N) is 1. The second-order valence-electron chi connectivity index (χ2n) is 7.22. The third kappa shape index (κ3) is 7.08.